The molecule has 4 rings (SSSR count). The van der Waals surface area contributed by atoms with E-state index in [0.717, 1.165) is 0 Å². The van der Waals surface area contributed by atoms with Crippen LogP contribution in [0.3, 0.4) is 0 Å². The van der Waals surface area contributed by atoms with E-state index in [9.17, 15) is 10.1 Å². The Hall–Kier alpha value is -3.48. The zero-order valence-electron chi connectivity index (χ0n) is 16.7. The maximum Gasteiger partial charge on any atom is 0.338 e. The summed E-state index contributed by atoms with van der Waals surface area (Å²) in [5, 5.41) is 10.6. The Balaban J connectivity index is 1.85. The average molecular weight is 444 g/mol. The molecule has 0 aliphatic carbocycles. The normalized spacial score (nSPS) is 17.5. The summed E-state index contributed by atoms with van der Waals surface area (Å²) in [6.07, 6.45) is 0. The zero-order valence-corrected chi connectivity index (χ0v) is 17.5. The van der Waals surface area contributed by atoms with Crippen molar-refractivity contribution >= 4 is 28.5 Å². The van der Waals surface area contributed by atoms with Crippen LogP contribution < -0.4 is 15.2 Å². The molecule has 2 N–H and O–H groups in total. The summed E-state index contributed by atoms with van der Waals surface area (Å²) in [6, 6.07) is 7.24. The van der Waals surface area contributed by atoms with Gasteiger partial charge in [-0.15, -0.1) is 0 Å². The first-order chi connectivity index (χ1) is 14.9. The van der Waals surface area contributed by atoms with E-state index in [2.05, 4.69) is 4.98 Å². The number of nitriles is 1. The van der Waals surface area contributed by atoms with Gasteiger partial charge in [0.2, 0.25) is 12.7 Å². The van der Waals surface area contributed by atoms with Crippen molar-refractivity contribution in [3.05, 3.63) is 51.7 Å². The highest BCUT2D eigenvalue weighted by Gasteiger charge is 2.38. The largest absolute Gasteiger partial charge is 0.460 e. The fourth-order valence-electron chi connectivity index (χ4n) is 3.51. The third-order valence-corrected chi connectivity index (χ3v) is 5.25. The van der Waals surface area contributed by atoms with Crippen LogP contribution in [0.15, 0.2) is 41.0 Å². The van der Waals surface area contributed by atoms with Gasteiger partial charge in [-0.2, -0.15) is 5.26 Å². The molecule has 9 nitrogen and oxygen atoms in total. The number of nitrogens with zero attached hydrogens (tertiary/aromatic N) is 2. The molecular formula is C21H18ClN3O6. The summed E-state index contributed by atoms with van der Waals surface area (Å²) in [5.41, 5.74) is 7.09. The Labute approximate surface area is 182 Å². The van der Waals surface area contributed by atoms with Crippen molar-refractivity contribution in [1.82, 2.24) is 4.98 Å². The predicted molar refractivity (Wildman–Crippen MR) is 109 cm³/mol. The van der Waals surface area contributed by atoms with Crippen LogP contribution in [-0.2, 0) is 19.0 Å². The number of benzene rings is 1. The fraction of sp³-hybridized carbons (Fsp3) is 0.286. The Morgan fingerprint density at radius 2 is 2.06 bits per heavy atom. The maximum absolute atomic E-state index is 12.9. The molecule has 1 atom stereocenters. The number of rotatable bonds is 5. The van der Waals surface area contributed by atoms with Gasteiger partial charge in [-0.3, -0.25) is 0 Å². The Bertz CT molecular complexity index is 1180. The lowest BCUT2D eigenvalue weighted by atomic mass is 9.83. The highest BCUT2D eigenvalue weighted by atomic mass is 35.5. The van der Waals surface area contributed by atoms with Gasteiger partial charge in [0.05, 0.1) is 23.6 Å². The smallest absolute Gasteiger partial charge is 0.338 e. The van der Waals surface area contributed by atoms with Crippen LogP contribution in [0, 0.1) is 11.3 Å². The van der Waals surface area contributed by atoms with Crippen molar-refractivity contribution in [2.24, 2.45) is 5.73 Å². The lowest BCUT2D eigenvalue weighted by Gasteiger charge is -2.27. The van der Waals surface area contributed by atoms with Crippen molar-refractivity contribution in [2.45, 2.75) is 12.8 Å². The van der Waals surface area contributed by atoms with Crippen LogP contribution in [0.1, 0.15) is 18.4 Å². The molecule has 3 heterocycles. The van der Waals surface area contributed by atoms with Gasteiger partial charge >= 0.3 is 5.97 Å². The maximum atomic E-state index is 12.9. The molecule has 0 fully saturated rings. The van der Waals surface area contributed by atoms with E-state index in [-0.39, 0.29) is 47.9 Å². The molecule has 2 aliphatic heterocycles. The lowest BCUT2D eigenvalue weighted by molar-refractivity contribution is -0.140. The van der Waals surface area contributed by atoms with Gasteiger partial charge in [-0.1, -0.05) is 11.6 Å². The molecule has 1 aromatic heterocycles. The second-order valence-electron chi connectivity index (χ2n) is 6.79. The second-order valence-corrected chi connectivity index (χ2v) is 7.15. The van der Waals surface area contributed by atoms with Crippen molar-refractivity contribution in [3.8, 4) is 17.6 Å². The fourth-order valence-corrected chi connectivity index (χ4v) is 3.77. The average Bonchev–Trinajstić information content (AvgIpc) is 3.18. The second kappa shape index (κ2) is 8.34. The number of methoxy groups -OCH3 is 1. The molecule has 10 heteroatoms. The third-order valence-electron chi connectivity index (χ3n) is 4.95. The number of esters is 1. The molecule has 0 saturated carbocycles. The van der Waals surface area contributed by atoms with Crippen LogP contribution in [0.25, 0.3) is 10.9 Å². The van der Waals surface area contributed by atoms with Gasteiger partial charge in [0.25, 0.3) is 0 Å². The van der Waals surface area contributed by atoms with Crippen molar-refractivity contribution in [3.63, 3.8) is 0 Å². The van der Waals surface area contributed by atoms with Gasteiger partial charge in [0, 0.05) is 24.1 Å². The SMILES string of the molecule is COCCOC(=O)C1=C(C)OC(N)=C(C#N)[C@@H]1c1cc2cc3c(cc2nc1Cl)OCO3. The zero-order chi connectivity index (χ0) is 22.1. The van der Waals surface area contributed by atoms with Crippen LogP contribution in [0.4, 0.5) is 0 Å². The van der Waals surface area contributed by atoms with Crippen molar-refractivity contribution in [2.75, 3.05) is 27.1 Å². The predicted octanol–water partition coefficient (Wildman–Crippen LogP) is 2.89. The minimum atomic E-state index is -0.913. The number of nitrogens with two attached hydrogens (primary N) is 1. The molecule has 2 aromatic rings. The highest BCUT2D eigenvalue weighted by Crippen LogP contribution is 2.44. The summed E-state index contributed by atoms with van der Waals surface area (Å²) in [6.45, 7) is 1.94. The van der Waals surface area contributed by atoms with Gasteiger partial charge in [0.1, 0.15) is 29.2 Å². The van der Waals surface area contributed by atoms with Gasteiger partial charge in [0.15, 0.2) is 11.5 Å². The molecular weight excluding hydrogens is 426 g/mol. The summed E-state index contributed by atoms with van der Waals surface area (Å²) in [7, 11) is 1.49. The van der Waals surface area contributed by atoms with Crippen LogP contribution in [-0.4, -0.2) is 38.1 Å². The molecule has 0 bridgehead atoms. The van der Waals surface area contributed by atoms with E-state index < -0.39 is 11.9 Å². The van der Waals surface area contributed by atoms with E-state index in [1.165, 1.54) is 7.11 Å². The minimum absolute atomic E-state index is 0.0348. The summed E-state index contributed by atoms with van der Waals surface area (Å²) >= 11 is 6.51. The standard InChI is InChI=1S/C21H18ClN3O6/c1-10-17(21(26)28-4-3-27-2)18(13(8-23)20(24)31-10)12-5-11-6-15-16(30-9-29-15)7-14(11)25-19(12)22/h5-7,18H,3-4,9,24H2,1-2H3/t18-/m0/s1. The van der Waals surface area contributed by atoms with Crippen molar-refractivity contribution in [1.29, 1.82) is 5.26 Å². The number of pyridine rings is 1. The number of hydrogen-bond acceptors (Lipinski definition) is 9. The number of ether oxygens (including phenoxy) is 5. The number of allylic oxidation sites excluding steroid dienone is 2. The Morgan fingerprint density at radius 1 is 1.32 bits per heavy atom. The Kier molecular flexibility index (Phi) is 5.59. The molecule has 1 aromatic carbocycles. The van der Waals surface area contributed by atoms with Gasteiger partial charge < -0.3 is 29.4 Å². The van der Waals surface area contributed by atoms with E-state index in [1.54, 1.807) is 25.1 Å². The third kappa shape index (κ3) is 3.71. The first kappa shape index (κ1) is 20.8. The Morgan fingerprint density at radius 3 is 2.77 bits per heavy atom. The quantitative estimate of drug-likeness (QED) is 0.421. The summed E-state index contributed by atoms with van der Waals surface area (Å²) in [5.74, 6) is -0.345. The topological polar surface area (TPSA) is 126 Å². The van der Waals surface area contributed by atoms with Crippen LogP contribution in [0.2, 0.25) is 5.15 Å². The van der Waals surface area contributed by atoms with Gasteiger partial charge in [-0.05, 0) is 19.1 Å². The monoisotopic (exact) mass is 443 g/mol. The molecule has 31 heavy (non-hydrogen) atoms. The van der Waals surface area contributed by atoms with E-state index >= 15 is 0 Å². The van der Waals surface area contributed by atoms with Gasteiger partial charge in [-0.25, -0.2) is 9.78 Å². The molecule has 0 spiro atoms. The highest BCUT2D eigenvalue weighted by molar-refractivity contribution is 6.30. The number of halogens is 1. The van der Waals surface area contributed by atoms with Crippen molar-refractivity contribution < 1.29 is 28.5 Å². The van der Waals surface area contributed by atoms with E-state index in [1.807, 2.05) is 6.07 Å². The molecule has 0 unspecified atom stereocenters. The number of carbonyl (C=O) groups excluding carboxylic acids is 1. The molecule has 0 saturated heterocycles. The molecule has 2 aliphatic rings. The molecule has 0 amide bonds. The van der Waals surface area contributed by atoms with E-state index in [4.69, 9.17) is 41.0 Å². The molecule has 0 radical (unpaired) electrons. The number of aromatic nitrogens is 1. The van der Waals surface area contributed by atoms with E-state index in [0.29, 0.717) is 28.0 Å². The number of fused-ring (bicyclic) bond motifs is 2. The van der Waals surface area contributed by atoms with Crippen LogP contribution >= 0.6 is 11.6 Å². The van der Waals surface area contributed by atoms with Crippen LogP contribution in [0.5, 0.6) is 11.5 Å². The number of carbonyl (C=O) groups is 1. The molecule has 160 valence electrons. The summed E-state index contributed by atoms with van der Waals surface area (Å²) in [4.78, 5) is 17.3. The number of hydrogen-bond donors (Lipinski definition) is 1. The first-order valence-electron chi connectivity index (χ1n) is 9.28. The first-order valence-corrected chi connectivity index (χ1v) is 9.66. The lowest BCUT2D eigenvalue weighted by Crippen LogP contribution is -2.26. The summed E-state index contributed by atoms with van der Waals surface area (Å²) < 4.78 is 26.5. The minimum Gasteiger partial charge on any atom is -0.460 e.